The van der Waals surface area contributed by atoms with Crippen molar-refractivity contribution in [1.29, 1.82) is 0 Å². The standard InChI is InChI=1S/C30H23FN4O2/c31-28-14-8-7-13-27(28)30(36)33-32-19-24-20-35(25-11-5-2-6-12-25)34-29(24)23-15-17-26(18-16-23)37-21-22-9-3-1-4-10-22/h1-20H,21H2,(H,33,36)/b32-19-. The Morgan fingerprint density at radius 3 is 2.30 bits per heavy atom. The van der Waals surface area contributed by atoms with E-state index in [1.807, 2.05) is 91.1 Å². The molecule has 0 saturated carbocycles. The Balaban J connectivity index is 1.38. The van der Waals surface area contributed by atoms with Crippen molar-refractivity contribution in [3.63, 3.8) is 0 Å². The fourth-order valence-corrected chi connectivity index (χ4v) is 3.74. The van der Waals surface area contributed by atoms with Gasteiger partial charge in [0.25, 0.3) is 5.91 Å². The van der Waals surface area contributed by atoms with Crippen LogP contribution >= 0.6 is 0 Å². The largest absolute Gasteiger partial charge is 0.489 e. The van der Waals surface area contributed by atoms with Crippen LogP contribution in [-0.2, 0) is 6.61 Å². The molecular weight excluding hydrogens is 467 g/mol. The molecule has 0 unspecified atom stereocenters. The Kier molecular flexibility index (Phi) is 7.13. The highest BCUT2D eigenvalue weighted by atomic mass is 19.1. The predicted molar refractivity (Wildman–Crippen MR) is 141 cm³/mol. The van der Waals surface area contributed by atoms with Gasteiger partial charge in [-0.05, 0) is 54.1 Å². The van der Waals surface area contributed by atoms with Crippen molar-refractivity contribution in [2.75, 3.05) is 0 Å². The molecule has 0 atom stereocenters. The number of nitrogens with zero attached hydrogens (tertiary/aromatic N) is 3. The maximum absolute atomic E-state index is 13.9. The summed E-state index contributed by atoms with van der Waals surface area (Å²) in [6, 6.07) is 33.0. The molecule has 1 heterocycles. The van der Waals surface area contributed by atoms with E-state index in [0.717, 1.165) is 22.6 Å². The third kappa shape index (κ3) is 5.79. The second-order valence-corrected chi connectivity index (χ2v) is 8.19. The van der Waals surface area contributed by atoms with E-state index < -0.39 is 11.7 Å². The molecule has 1 amide bonds. The summed E-state index contributed by atoms with van der Waals surface area (Å²) in [5, 5.41) is 8.82. The Morgan fingerprint density at radius 2 is 1.57 bits per heavy atom. The predicted octanol–water partition coefficient (Wildman–Crippen LogP) is 6.02. The molecule has 0 spiro atoms. The van der Waals surface area contributed by atoms with Gasteiger partial charge < -0.3 is 4.74 Å². The number of aromatic nitrogens is 2. The number of para-hydroxylation sites is 1. The highest BCUT2D eigenvalue weighted by Gasteiger charge is 2.13. The molecule has 0 aliphatic heterocycles. The van der Waals surface area contributed by atoms with Gasteiger partial charge in [-0.25, -0.2) is 14.5 Å². The van der Waals surface area contributed by atoms with E-state index in [9.17, 15) is 9.18 Å². The minimum absolute atomic E-state index is 0.0778. The normalized spacial score (nSPS) is 10.9. The lowest BCUT2D eigenvalue weighted by Crippen LogP contribution is -2.18. The number of amides is 1. The van der Waals surface area contributed by atoms with Gasteiger partial charge in [-0.2, -0.15) is 10.2 Å². The summed E-state index contributed by atoms with van der Waals surface area (Å²) < 4.78 is 21.6. The SMILES string of the molecule is O=C(N/N=C\c1cn(-c2ccccc2)nc1-c1ccc(OCc2ccccc2)cc1)c1ccccc1F. The summed E-state index contributed by atoms with van der Waals surface area (Å²) in [7, 11) is 0. The van der Waals surface area contributed by atoms with Crippen molar-refractivity contribution in [2.24, 2.45) is 5.10 Å². The first-order chi connectivity index (χ1) is 18.2. The molecule has 5 aromatic rings. The second-order valence-electron chi connectivity index (χ2n) is 8.19. The number of nitrogens with one attached hydrogen (secondary N) is 1. The fourth-order valence-electron chi connectivity index (χ4n) is 3.74. The summed E-state index contributed by atoms with van der Waals surface area (Å²) in [5.41, 5.74) is 6.47. The zero-order valence-corrected chi connectivity index (χ0v) is 19.8. The smallest absolute Gasteiger partial charge is 0.274 e. The van der Waals surface area contributed by atoms with Crippen LogP contribution in [0.2, 0.25) is 0 Å². The molecule has 0 bridgehead atoms. The second kappa shape index (κ2) is 11.1. The lowest BCUT2D eigenvalue weighted by Gasteiger charge is -2.07. The minimum Gasteiger partial charge on any atom is -0.489 e. The van der Waals surface area contributed by atoms with Crippen molar-refractivity contribution >= 4 is 12.1 Å². The molecule has 4 aromatic carbocycles. The van der Waals surface area contributed by atoms with Crippen LogP contribution in [0.1, 0.15) is 21.5 Å². The Bertz CT molecular complexity index is 1510. The summed E-state index contributed by atoms with van der Waals surface area (Å²) in [4.78, 5) is 12.3. The number of hydrazone groups is 1. The Morgan fingerprint density at radius 1 is 0.892 bits per heavy atom. The first-order valence-electron chi connectivity index (χ1n) is 11.7. The number of rotatable bonds is 8. The van der Waals surface area contributed by atoms with Crippen molar-refractivity contribution < 1.29 is 13.9 Å². The third-order valence-corrected chi connectivity index (χ3v) is 5.63. The highest BCUT2D eigenvalue weighted by Crippen LogP contribution is 2.25. The topological polar surface area (TPSA) is 68.5 Å². The van der Waals surface area contributed by atoms with Crippen LogP contribution in [0.5, 0.6) is 5.75 Å². The van der Waals surface area contributed by atoms with Crippen molar-refractivity contribution in [2.45, 2.75) is 6.61 Å². The van der Waals surface area contributed by atoms with Crippen LogP contribution < -0.4 is 10.2 Å². The molecule has 1 aromatic heterocycles. The molecule has 7 heteroatoms. The van der Waals surface area contributed by atoms with E-state index in [-0.39, 0.29) is 5.56 Å². The van der Waals surface area contributed by atoms with Crippen LogP contribution in [0, 0.1) is 5.82 Å². The maximum atomic E-state index is 13.9. The molecule has 1 N–H and O–H groups in total. The number of halogens is 1. The first kappa shape index (κ1) is 23.7. The quantitative estimate of drug-likeness (QED) is 0.214. The van der Waals surface area contributed by atoms with Gasteiger partial charge in [0.1, 0.15) is 23.9 Å². The van der Waals surface area contributed by atoms with Gasteiger partial charge in [-0.15, -0.1) is 0 Å². The molecule has 0 aliphatic rings. The maximum Gasteiger partial charge on any atom is 0.274 e. The summed E-state index contributed by atoms with van der Waals surface area (Å²) in [5.74, 6) is -0.504. The van der Waals surface area contributed by atoms with E-state index in [4.69, 9.17) is 9.84 Å². The zero-order valence-electron chi connectivity index (χ0n) is 19.8. The molecule has 0 fully saturated rings. The van der Waals surface area contributed by atoms with Crippen molar-refractivity contribution in [3.8, 4) is 22.7 Å². The van der Waals surface area contributed by atoms with Gasteiger partial charge in [-0.1, -0.05) is 60.7 Å². The Hall–Kier alpha value is -5.04. The average Bonchev–Trinajstić information content (AvgIpc) is 3.37. The molecule has 5 rings (SSSR count). The summed E-state index contributed by atoms with van der Waals surface area (Å²) >= 11 is 0. The third-order valence-electron chi connectivity index (χ3n) is 5.63. The summed E-state index contributed by atoms with van der Waals surface area (Å²) in [6.45, 7) is 0.475. The van der Waals surface area contributed by atoms with Gasteiger partial charge >= 0.3 is 0 Å². The Labute approximate surface area is 213 Å². The number of carbonyl (C=O) groups is 1. The van der Waals surface area contributed by atoms with Gasteiger partial charge in [0.05, 0.1) is 17.5 Å². The van der Waals surface area contributed by atoms with Gasteiger partial charge in [0.15, 0.2) is 0 Å². The van der Waals surface area contributed by atoms with E-state index in [1.165, 1.54) is 24.4 Å². The highest BCUT2D eigenvalue weighted by molar-refractivity contribution is 5.95. The van der Waals surface area contributed by atoms with Crippen LogP contribution in [0.3, 0.4) is 0 Å². The van der Waals surface area contributed by atoms with Gasteiger partial charge in [0.2, 0.25) is 0 Å². The fraction of sp³-hybridized carbons (Fsp3) is 0.0333. The van der Waals surface area contributed by atoms with E-state index in [1.54, 1.807) is 10.7 Å². The summed E-state index contributed by atoms with van der Waals surface area (Å²) in [6.07, 6.45) is 3.32. The molecule has 0 saturated heterocycles. The molecule has 6 nitrogen and oxygen atoms in total. The lowest BCUT2D eigenvalue weighted by atomic mass is 10.1. The van der Waals surface area contributed by atoms with Crippen LogP contribution in [0.25, 0.3) is 16.9 Å². The average molecular weight is 491 g/mol. The number of benzene rings is 4. The van der Waals surface area contributed by atoms with Crippen LogP contribution in [-0.4, -0.2) is 21.9 Å². The van der Waals surface area contributed by atoms with E-state index in [2.05, 4.69) is 10.5 Å². The number of ether oxygens (including phenoxy) is 1. The number of hydrogen-bond acceptors (Lipinski definition) is 4. The van der Waals surface area contributed by atoms with Crippen LogP contribution in [0.15, 0.2) is 120 Å². The molecule has 0 radical (unpaired) electrons. The number of hydrogen-bond donors (Lipinski definition) is 1. The molecule has 0 aliphatic carbocycles. The lowest BCUT2D eigenvalue weighted by molar-refractivity contribution is 0.0951. The molecular formula is C30H23FN4O2. The van der Waals surface area contributed by atoms with Gasteiger partial charge in [0, 0.05) is 17.3 Å². The zero-order chi connectivity index (χ0) is 25.5. The number of carbonyl (C=O) groups excluding carboxylic acids is 1. The first-order valence-corrected chi connectivity index (χ1v) is 11.7. The van der Waals surface area contributed by atoms with E-state index in [0.29, 0.717) is 17.9 Å². The van der Waals surface area contributed by atoms with Crippen LogP contribution in [0.4, 0.5) is 4.39 Å². The molecule has 37 heavy (non-hydrogen) atoms. The monoisotopic (exact) mass is 490 g/mol. The van der Waals surface area contributed by atoms with E-state index >= 15 is 0 Å². The minimum atomic E-state index is -0.633. The molecule has 182 valence electrons. The van der Waals surface area contributed by atoms with Gasteiger partial charge in [-0.3, -0.25) is 4.79 Å². The van der Waals surface area contributed by atoms with Crippen molar-refractivity contribution in [1.82, 2.24) is 15.2 Å². The van der Waals surface area contributed by atoms with Crippen molar-refractivity contribution in [3.05, 3.63) is 138 Å².